The van der Waals surface area contributed by atoms with Crippen LogP contribution in [-0.2, 0) is 6.42 Å². The van der Waals surface area contributed by atoms with Gasteiger partial charge >= 0.3 is 0 Å². The van der Waals surface area contributed by atoms with Crippen LogP contribution < -0.4 is 10.6 Å². The Balaban J connectivity index is 2.19. The van der Waals surface area contributed by atoms with Crippen LogP contribution >= 0.6 is 0 Å². The van der Waals surface area contributed by atoms with Crippen LogP contribution in [0.2, 0.25) is 0 Å². The van der Waals surface area contributed by atoms with Crippen LogP contribution in [0, 0.1) is 13.8 Å². The summed E-state index contributed by atoms with van der Waals surface area (Å²) in [5, 5.41) is 6.82. The number of nitrogens with zero attached hydrogens (tertiary/aromatic N) is 3. The lowest BCUT2D eigenvalue weighted by molar-refractivity contribution is 0.425. The molecule has 0 fully saturated rings. The maximum absolute atomic E-state index is 4.52. The van der Waals surface area contributed by atoms with E-state index in [4.69, 9.17) is 0 Å². The molecule has 0 saturated heterocycles. The highest BCUT2D eigenvalue weighted by Crippen LogP contribution is 2.25. The number of aromatic nitrogens is 2. The van der Waals surface area contributed by atoms with Crippen LogP contribution in [-0.4, -0.2) is 42.1 Å². The van der Waals surface area contributed by atoms with E-state index in [2.05, 4.69) is 71.6 Å². The Morgan fingerprint density at radius 2 is 1.83 bits per heavy atom. The van der Waals surface area contributed by atoms with E-state index in [1.54, 1.807) is 0 Å². The van der Waals surface area contributed by atoms with Crippen molar-refractivity contribution in [2.75, 3.05) is 37.8 Å². The summed E-state index contributed by atoms with van der Waals surface area (Å²) in [7, 11) is 4.12. The first-order valence-corrected chi connectivity index (χ1v) is 8.09. The van der Waals surface area contributed by atoms with Crippen molar-refractivity contribution in [3.63, 3.8) is 0 Å². The molecule has 124 valence electrons. The first-order chi connectivity index (χ1) is 11.0. The van der Waals surface area contributed by atoms with Crippen LogP contribution in [0.4, 0.5) is 17.3 Å². The zero-order chi connectivity index (χ0) is 16.8. The summed E-state index contributed by atoms with van der Waals surface area (Å²) in [5.41, 5.74) is 3.67. The maximum atomic E-state index is 4.52. The van der Waals surface area contributed by atoms with E-state index in [1.807, 2.05) is 13.0 Å². The number of aryl methyl sites for hydroxylation is 3. The summed E-state index contributed by atoms with van der Waals surface area (Å²) in [6, 6.07) is 8.33. The van der Waals surface area contributed by atoms with Crippen molar-refractivity contribution >= 4 is 17.3 Å². The summed E-state index contributed by atoms with van der Waals surface area (Å²) in [5.74, 6) is 2.44. The van der Waals surface area contributed by atoms with Gasteiger partial charge < -0.3 is 15.5 Å². The topological polar surface area (TPSA) is 53.1 Å². The number of hydrogen-bond donors (Lipinski definition) is 2. The second-order valence-electron chi connectivity index (χ2n) is 6.00. The second-order valence-corrected chi connectivity index (χ2v) is 6.00. The fraction of sp³-hybridized carbons (Fsp3) is 0.444. The van der Waals surface area contributed by atoms with Crippen molar-refractivity contribution in [3.05, 3.63) is 41.2 Å². The van der Waals surface area contributed by atoms with Gasteiger partial charge in [-0.2, -0.15) is 0 Å². The maximum Gasteiger partial charge on any atom is 0.136 e. The fourth-order valence-corrected chi connectivity index (χ4v) is 2.46. The lowest BCUT2D eigenvalue weighted by atomic mass is 10.1. The molecule has 2 N–H and O–H groups in total. The molecular formula is C18H27N5. The van der Waals surface area contributed by atoms with E-state index in [0.717, 1.165) is 42.7 Å². The van der Waals surface area contributed by atoms with Gasteiger partial charge in [0.05, 0.1) is 0 Å². The second kappa shape index (κ2) is 7.92. The predicted octanol–water partition coefficient (Wildman–Crippen LogP) is 3.37. The number of likely N-dealkylation sites (N-methyl/N-ethyl adjacent to an activating group) is 1. The van der Waals surface area contributed by atoms with Crippen molar-refractivity contribution < 1.29 is 0 Å². The number of benzene rings is 1. The van der Waals surface area contributed by atoms with E-state index < -0.39 is 0 Å². The number of para-hydroxylation sites is 1. The van der Waals surface area contributed by atoms with Gasteiger partial charge in [0.2, 0.25) is 0 Å². The Bertz CT molecular complexity index is 652. The van der Waals surface area contributed by atoms with Crippen LogP contribution in [0.25, 0.3) is 0 Å². The molecule has 1 heterocycles. The molecule has 0 amide bonds. The minimum absolute atomic E-state index is 0.758. The molecule has 0 saturated carbocycles. The Morgan fingerprint density at radius 3 is 2.52 bits per heavy atom. The molecule has 2 aromatic rings. The van der Waals surface area contributed by atoms with Gasteiger partial charge in [-0.3, -0.25) is 0 Å². The van der Waals surface area contributed by atoms with Gasteiger partial charge in [-0.25, -0.2) is 9.97 Å². The van der Waals surface area contributed by atoms with Crippen LogP contribution in [0.15, 0.2) is 24.3 Å². The lowest BCUT2D eigenvalue weighted by Crippen LogP contribution is -2.21. The third kappa shape index (κ3) is 4.93. The van der Waals surface area contributed by atoms with Crippen LogP contribution in [0.1, 0.15) is 23.9 Å². The minimum atomic E-state index is 0.758. The molecule has 0 aliphatic rings. The number of anilines is 3. The monoisotopic (exact) mass is 313 g/mol. The highest BCUT2D eigenvalue weighted by Gasteiger charge is 2.07. The molecule has 5 nitrogen and oxygen atoms in total. The summed E-state index contributed by atoms with van der Waals surface area (Å²) in [6.45, 7) is 8.02. The Hall–Kier alpha value is -2.14. The number of hydrogen-bond acceptors (Lipinski definition) is 5. The first kappa shape index (κ1) is 17.2. The van der Waals surface area contributed by atoms with Gasteiger partial charge in [0.25, 0.3) is 0 Å². The quantitative estimate of drug-likeness (QED) is 0.821. The Kier molecular flexibility index (Phi) is 5.93. The average molecular weight is 313 g/mol. The smallest absolute Gasteiger partial charge is 0.136 e. The Labute approximate surface area is 139 Å². The molecule has 0 atom stereocenters. The zero-order valence-corrected chi connectivity index (χ0v) is 14.8. The SMILES string of the molecule is CCc1cccc(C)c1Nc1cc(NCCN(C)C)nc(C)n1. The molecule has 1 aromatic heterocycles. The number of rotatable bonds is 7. The predicted molar refractivity (Wildman–Crippen MR) is 97.7 cm³/mol. The molecule has 5 heteroatoms. The van der Waals surface area contributed by atoms with Crippen molar-refractivity contribution in [2.24, 2.45) is 0 Å². The van der Waals surface area contributed by atoms with E-state index >= 15 is 0 Å². The molecule has 1 aromatic carbocycles. The molecule has 0 unspecified atom stereocenters. The molecule has 0 radical (unpaired) electrons. The highest BCUT2D eigenvalue weighted by molar-refractivity contribution is 5.66. The molecule has 0 spiro atoms. The first-order valence-electron chi connectivity index (χ1n) is 8.09. The molecule has 0 aliphatic heterocycles. The third-order valence-corrected chi connectivity index (χ3v) is 3.70. The Morgan fingerprint density at radius 1 is 1.09 bits per heavy atom. The van der Waals surface area contributed by atoms with Gasteiger partial charge in [0.15, 0.2) is 0 Å². The van der Waals surface area contributed by atoms with Crippen molar-refractivity contribution in [2.45, 2.75) is 27.2 Å². The van der Waals surface area contributed by atoms with Gasteiger partial charge in [-0.1, -0.05) is 25.1 Å². The van der Waals surface area contributed by atoms with Crippen molar-refractivity contribution in [3.8, 4) is 0 Å². The van der Waals surface area contributed by atoms with Crippen molar-refractivity contribution in [1.29, 1.82) is 0 Å². The van der Waals surface area contributed by atoms with Gasteiger partial charge in [0.1, 0.15) is 17.5 Å². The standard InChI is InChI=1S/C18H27N5/c1-6-15-9-7-8-13(2)18(15)22-17-12-16(20-14(3)21-17)19-10-11-23(4)5/h7-9,12H,6,10-11H2,1-5H3,(H2,19,20,21,22). The van der Waals surface area contributed by atoms with Gasteiger partial charge in [0, 0.05) is 24.8 Å². The minimum Gasteiger partial charge on any atom is -0.369 e. The van der Waals surface area contributed by atoms with E-state index in [-0.39, 0.29) is 0 Å². The molecule has 0 aliphatic carbocycles. The van der Waals surface area contributed by atoms with E-state index in [0.29, 0.717) is 0 Å². The van der Waals surface area contributed by atoms with E-state index in [9.17, 15) is 0 Å². The normalized spacial score (nSPS) is 10.9. The molecular weight excluding hydrogens is 286 g/mol. The van der Waals surface area contributed by atoms with E-state index in [1.165, 1.54) is 11.1 Å². The number of nitrogens with one attached hydrogen (secondary N) is 2. The highest BCUT2D eigenvalue weighted by atomic mass is 15.1. The molecule has 2 rings (SSSR count). The third-order valence-electron chi connectivity index (χ3n) is 3.70. The van der Waals surface area contributed by atoms with Gasteiger partial charge in [-0.15, -0.1) is 0 Å². The molecule has 0 bridgehead atoms. The van der Waals surface area contributed by atoms with Crippen molar-refractivity contribution in [1.82, 2.24) is 14.9 Å². The van der Waals surface area contributed by atoms with Gasteiger partial charge in [-0.05, 0) is 45.5 Å². The average Bonchev–Trinajstić information content (AvgIpc) is 2.48. The lowest BCUT2D eigenvalue weighted by Gasteiger charge is -2.15. The summed E-state index contributed by atoms with van der Waals surface area (Å²) >= 11 is 0. The summed E-state index contributed by atoms with van der Waals surface area (Å²) < 4.78 is 0. The fourth-order valence-electron chi connectivity index (χ4n) is 2.46. The largest absolute Gasteiger partial charge is 0.369 e. The molecule has 23 heavy (non-hydrogen) atoms. The summed E-state index contributed by atoms with van der Waals surface area (Å²) in [4.78, 5) is 11.1. The van der Waals surface area contributed by atoms with Crippen LogP contribution in [0.3, 0.4) is 0 Å². The van der Waals surface area contributed by atoms with Crippen LogP contribution in [0.5, 0.6) is 0 Å². The zero-order valence-electron chi connectivity index (χ0n) is 14.8. The summed E-state index contributed by atoms with van der Waals surface area (Å²) in [6.07, 6.45) is 0.988.